The Hall–Kier alpha value is -0.240. The topological polar surface area (TPSA) is 20.3 Å². The first-order valence-corrected chi connectivity index (χ1v) is 4.90. The van der Waals surface area contributed by atoms with Crippen molar-refractivity contribution in [2.45, 2.75) is 52.6 Å². The molecule has 0 spiro atoms. The lowest BCUT2D eigenvalue weighted by Gasteiger charge is -2.31. The summed E-state index contributed by atoms with van der Waals surface area (Å²) in [5.74, 6) is 0. The van der Waals surface area contributed by atoms with E-state index in [4.69, 9.17) is 11.6 Å². The largest absolute Gasteiger partial charge is 0.324 e. The van der Waals surface area contributed by atoms with Gasteiger partial charge in [0.2, 0.25) is 0 Å². The van der Waals surface area contributed by atoms with Crippen molar-refractivity contribution in [2.75, 3.05) is 0 Å². The summed E-state index contributed by atoms with van der Waals surface area (Å²) < 4.78 is 0. The summed E-state index contributed by atoms with van der Waals surface area (Å²) in [6.07, 6.45) is 1.89. The van der Waals surface area contributed by atoms with Crippen LogP contribution in [0, 0.1) is 0 Å². The first kappa shape index (κ1) is 11.8. The van der Waals surface area contributed by atoms with Gasteiger partial charge in [0.05, 0.1) is 0 Å². The van der Waals surface area contributed by atoms with Gasteiger partial charge in [-0.3, -0.25) is 4.79 Å². The number of carbonyl (C=O) groups is 1. The van der Waals surface area contributed by atoms with Crippen LogP contribution in [0.4, 0.5) is 4.79 Å². The molecule has 0 saturated carbocycles. The second-order valence-electron chi connectivity index (χ2n) is 3.17. The molecule has 0 aromatic carbocycles. The molecule has 0 aromatic heterocycles. The van der Waals surface area contributed by atoms with Gasteiger partial charge < -0.3 is 4.90 Å². The Balaban J connectivity index is 4.32. The van der Waals surface area contributed by atoms with Crippen molar-refractivity contribution >= 4 is 17.0 Å². The Kier molecular flexibility index (Phi) is 5.31. The second kappa shape index (κ2) is 5.41. The van der Waals surface area contributed by atoms with Gasteiger partial charge in [-0.25, -0.2) is 0 Å². The summed E-state index contributed by atoms with van der Waals surface area (Å²) in [5.41, 5.74) is 0. The first-order valence-electron chi connectivity index (χ1n) is 4.52. The Morgan fingerprint density at radius 2 is 1.58 bits per heavy atom. The zero-order valence-electron chi connectivity index (χ0n) is 8.30. The smallest absolute Gasteiger partial charge is 0.316 e. The lowest BCUT2D eigenvalue weighted by atomic mass is 10.1. The zero-order chi connectivity index (χ0) is 9.72. The summed E-state index contributed by atoms with van der Waals surface area (Å²) >= 11 is 5.48. The lowest BCUT2D eigenvalue weighted by molar-refractivity contribution is 0.172. The van der Waals surface area contributed by atoms with E-state index in [1.807, 2.05) is 13.8 Å². The highest BCUT2D eigenvalue weighted by atomic mass is 35.5. The molecule has 3 heteroatoms. The third-order valence-corrected chi connectivity index (χ3v) is 2.53. The van der Waals surface area contributed by atoms with Gasteiger partial charge in [0.1, 0.15) is 0 Å². The van der Waals surface area contributed by atoms with Crippen molar-refractivity contribution in [2.24, 2.45) is 0 Å². The normalized spacial score (nSPS) is 15.4. The lowest BCUT2D eigenvalue weighted by Crippen LogP contribution is -2.41. The first-order chi connectivity index (χ1) is 5.54. The minimum Gasteiger partial charge on any atom is -0.324 e. The molecule has 0 rings (SSSR count). The average Bonchev–Trinajstić information content (AvgIpc) is 2.03. The summed E-state index contributed by atoms with van der Waals surface area (Å²) in [4.78, 5) is 12.8. The van der Waals surface area contributed by atoms with Crippen molar-refractivity contribution in [3.8, 4) is 0 Å². The van der Waals surface area contributed by atoms with Crippen molar-refractivity contribution in [1.82, 2.24) is 4.90 Å². The molecule has 0 aliphatic carbocycles. The third kappa shape index (κ3) is 3.02. The minimum absolute atomic E-state index is 0.241. The fourth-order valence-corrected chi connectivity index (χ4v) is 1.51. The van der Waals surface area contributed by atoms with Crippen LogP contribution in [0.15, 0.2) is 0 Å². The maximum atomic E-state index is 11.0. The van der Waals surface area contributed by atoms with E-state index in [9.17, 15) is 4.79 Å². The predicted octanol–water partition coefficient (Wildman–Crippen LogP) is 3.24. The van der Waals surface area contributed by atoms with Gasteiger partial charge in [-0.2, -0.15) is 0 Å². The van der Waals surface area contributed by atoms with Crippen molar-refractivity contribution < 1.29 is 4.79 Å². The highest BCUT2D eigenvalue weighted by Crippen LogP contribution is 2.13. The summed E-state index contributed by atoms with van der Waals surface area (Å²) in [6, 6.07) is 0.481. The monoisotopic (exact) mass is 191 g/mol. The molecule has 12 heavy (non-hydrogen) atoms. The van der Waals surface area contributed by atoms with Crippen molar-refractivity contribution in [3.05, 3.63) is 0 Å². The molecular weight excluding hydrogens is 174 g/mol. The Morgan fingerprint density at radius 1 is 1.25 bits per heavy atom. The SMILES string of the molecule is CCC(C)N(C(=O)Cl)C(C)CC. The number of rotatable bonds is 4. The third-order valence-electron chi connectivity index (χ3n) is 2.33. The Bertz CT molecular complexity index is 139. The standard InChI is InChI=1S/C9H18ClNO/c1-5-7(3)11(9(10)12)8(4)6-2/h7-8H,5-6H2,1-4H3. The van der Waals surface area contributed by atoms with Crippen LogP contribution in [0.1, 0.15) is 40.5 Å². The van der Waals surface area contributed by atoms with E-state index in [-0.39, 0.29) is 17.5 Å². The molecule has 0 radical (unpaired) electrons. The van der Waals surface area contributed by atoms with Crippen LogP contribution in [-0.2, 0) is 0 Å². The molecule has 72 valence electrons. The van der Waals surface area contributed by atoms with Gasteiger partial charge in [-0.1, -0.05) is 13.8 Å². The number of hydrogen-bond donors (Lipinski definition) is 0. The Morgan fingerprint density at radius 3 is 1.75 bits per heavy atom. The van der Waals surface area contributed by atoms with Crippen molar-refractivity contribution in [1.29, 1.82) is 0 Å². The summed E-state index contributed by atoms with van der Waals surface area (Å²) in [7, 11) is 0. The van der Waals surface area contributed by atoms with Crippen LogP contribution >= 0.6 is 11.6 Å². The van der Waals surface area contributed by atoms with Crippen LogP contribution in [0.5, 0.6) is 0 Å². The molecule has 0 N–H and O–H groups in total. The quantitative estimate of drug-likeness (QED) is 0.494. The van der Waals surface area contributed by atoms with Gasteiger partial charge in [-0.15, -0.1) is 0 Å². The molecule has 2 unspecified atom stereocenters. The second-order valence-corrected chi connectivity index (χ2v) is 3.50. The molecular formula is C9H18ClNO. The number of nitrogens with zero attached hydrogens (tertiary/aromatic N) is 1. The molecule has 0 saturated heterocycles. The van der Waals surface area contributed by atoms with E-state index in [0.29, 0.717) is 0 Å². The maximum absolute atomic E-state index is 11.0. The van der Waals surface area contributed by atoms with E-state index in [2.05, 4.69) is 13.8 Å². The molecule has 0 aromatic rings. The fourth-order valence-electron chi connectivity index (χ4n) is 1.17. The van der Waals surface area contributed by atoms with Gasteiger partial charge in [-0.05, 0) is 38.3 Å². The van der Waals surface area contributed by atoms with Crippen molar-refractivity contribution in [3.63, 3.8) is 0 Å². The molecule has 2 atom stereocenters. The van der Waals surface area contributed by atoms with E-state index >= 15 is 0 Å². The highest BCUT2D eigenvalue weighted by Gasteiger charge is 2.21. The molecule has 2 nitrogen and oxygen atoms in total. The van der Waals surface area contributed by atoms with E-state index in [0.717, 1.165) is 12.8 Å². The molecule has 0 bridgehead atoms. The van der Waals surface area contributed by atoms with Gasteiger partial charge in [0.15, 0.2) is 0 Å². The van der Waals surface area contributed by atoms with Crippen LogP contribution in [0.25, 0.3) is 0 Å². The fraction of sp³-hybridized carbons (Fsp3) is 0.889. The number of carbonyl (C=O) groups excluding carboxylic acids is 1. The summed E-state index contributed by atoms with van der Waals surface area (Å²) in [6.45, 7) is 8.15. The van der Waals surface area contributed by atoms with Crippen LogP contribution < -0.4 is 0 Å². The minimum atomic E-state index is -0.335. The van der Waals surface area contributed by atoms with Crippen LogP contribution in [-0.4, -0.2) is 22.3 Å². The van der Waals surface area contributed by atoms with Gasteiger partial charge in [0.25, 0.3) is 0 Å². The number of halogens is 1. The zero-order valence-corrected chi connectivity index (χ0v) is 9.06. The average molecular weight is 192 g/mol. The maximum Gasteiger partial charge on any atom is 0.316 e. The van der Waals surface area contributed by atoms with Gasteiger partial charge >= 0.3 is 5.37 Å². The molecule has 0 heterocycles. The van der Waals surface area contributed by atoms with Gasteiger partial charge in [0, 0.05) is 12.1 Å². The van der Waals surface area contributed by atoms with E-state index in [1.165, 1.54) is 0 Å². The molecule has 0 aliphatic rings. The van der Waals surface area contributed by atoms with E-state index < -0.39 is 0 Å². The molecule has 0 fully saturated rings. The van der Waals surface area contributed by atoms with Crippen LogP contribution in [0.2, 0.25) is 0 Å². The number of hydrogen-bond acceptors (Lipinski definition) is 1. The Labute approximate surface area is 79.9 Å². The molecule has 0 aliphatic heterocycles. The predicted molar refractivity (Wildman–Crippen MR) is 52.6 cm³/mol. The number of amides is 1. The highest BCUT2D eigenvalue weighted by molar-refractivity contribution is 6.62. The summed E-state index contributed by atoms with van der Waals surface area (Å²) in [5, 5.41) is -0.335. The molecule has 1 amide bonds. The van der Waals surface area contributed by atoms with E-state index in [1.54, 1.807) is 4.90 Å². The van der Waals surface area contributed by atoms with Crippen LogP contribution in [0.3, 0.4) is 0 Å².